The maximum absolute atomic E-state index is 12.1. The van der Waals surface area contributed by atoms with E-state index in [-0.39, 0.29) is 11.9 Å². The van der Waals surface area contributed by atoms with Gasteiger partial charge in [-0.3, -0.25) is 9.69 Å². The maximum atomic E-state index is 12.1. The van der Waals surface area contributed by atoms with Crippen molar-refractivity contribution >= 4 is 17.2 Å². The second-order valence-electron chi connectivity index (χ2n) is 6.01. The topological polar surface area (TPSA) is 61.0 Å². The van der Waals surface area contributed by atoms with E-state index < -0.39 is 0 Å². The molecule has 2 aromatic heterocycles. The van der Waals surface area contributed by atoms with E-state index in [1.807, 2.05) is 19.2 Å². The Labute approximate surface area is 134 Å². The molecule has 1 amide bonds. The van der Waals surface area contributed by atoms with Gasteiger partial charge in [0, 0.05) is 42.9 Å². The van der Waals surface area contributed by atoms with Crippen molar-refractivity contribution in [3.8, 4) is 0 Å². The Bertz CT molecular complexity index is 622. The Balaban J connectivity index is 1.52. The van der Waals surface area contributed by atoms with Crippen LogP contribution in [0, 0.1) is 12.8 Å². The third-order valence-corrected chi connectivity index (χ3v) is 5.09. The van der Waals surface area contributed by atoms with E-state index in [1.54, 1.807) is 23.6 Å². The van der Waals surface area contributed by atoms with E-state index in [0.29, 0.717) is 11.6 Å². The Morgan fingerprint density at radius 3 is 3.09 bits per heavy atom. The second-order valence-corrected chi connectivity index (χ2v) is 7.33. The number of amides is 1. The number of piperidine rings is 1. The van der Waals surface area contributed by atoms with Gasteiger partial charge in [0.25, 0.3) is 5.91 Å². The van der Waals surface area contributed by atoms with Crippen LogP contribution in [-0.2, 0) is 6.54 Å². The largest absolute Gasteiger partial charge is 0.357 e. The van der Waals surface area contributed by atoms with E-state index in [4.69, 9.17) is 0 Å². The molecule has 1 aliphatic heterocycles. The van der Waals surface area contributed by atoms with Gasteiger partial charge in [0.2, 0.25) is 0 Å². The number of carbonyl (C=O) groups is 1. The van der Waals surface area contributed by atoms with Gasteiger partial charge in [-0.25, -0.2) is 4.98 Å². The van der Waals surface area contributed by atoms with E-state index in [0.717, 1.165) is 31.1 Å². The number of hydrogen-bond donors (Lipinski definition) is 2. The first-order chi connectivity index (χ1) is 10.6. The smallest absolute Gasteiger partial charge is 0.267 e. The highest BCUT2D eigenvalue weighted by Crippen LogP contribution is 2.21. The SMILES string of the molecule is Cc1ncc(CN2CC[C@H](NC(=O)c3ccc[nH]3)[C@@H](C)C2)s1. The highest BCUT2D eigenvalue weighted by Gasteiger charge is 2.27. The van der Waals surface area contributed by atoms with Gasteiger partial charge in [-0.2, -0.15) is 0 Å². The molecule has 1 fully saturated rings. The van der Waals surface area contributed by atoms with Gasteiger partial charge in [0.15, 0.2) is 0 Å². The summed E-state index contributed by atoms with van der Waals surface area (Å²) in [5, 5.41) is 4.27. The van der Waals surface area contributed by atoms with Crippen LogP contribution in [0.2, 0.25) is 0 Å². The minimum Gasteiger partial charge on any atom is -0.357 e. The van der Waals surface area contributed by atoms with Crippen molar-refractivity contribution < 1.29 is 4.79 Å². The number of carbonyl (C=O) groups excluding carboxylic acids is 1. The molecule has 1 saturated heterocycles. The number of H-pyrrole nitrogens is 1. The highest BCUT2D eigenvalue weighted by molar-refractivity contribution is 7.11. The lowest BCUT2D eigenvalue weighted by molar-refractivity contribution is 0.0857. The molecule has 0 unspecified atom stereocenters. The summed E-state index contributed by atoms with van der Waals surface area (Å²) < 4.78 is 0. The molecule has 5 nitrogen and oxygen atoms in total. The van der Waals surface area contributed by atoms with Crippen LogP contribution >= 0.6 is 11.3 Å². The zero-order valence-corrected chi connectivity index (χ0v) is 13.8. The van der Waals surface area contributed by atoms with Gasteiger partial charge in [-0.15, -0.1) is 11.3 Å². The summed E-state index contributed by atoms with van der Waals surface area (Å²) in [5.41, 5.74) is 0.634. The average Bonchev–Trinajstić information content (AvgIpc) is 3.13. The number of aromatic amines is 1. The second kappa shape index (κ2) is 6.62. The van der Waals surface area contributed by atoms with E-state index in [2.05, 4.69) is 27.1 Å². The molecule has 22 heavy (non-hydrogen) atoms. The molecule has 0 aliphatic carbocycles. The normalized spacial score (nSPS) is 22.6. The minimum absolute atomic E-state index is 0.00613. The van der Waals surface area contributed by atoms with Crippen LogP contribution in [0.15, 0.2) is 24.5 Å². The summed E-state index contributed by atoms with van der Waals surface area (Å²) in [6.07, 6.45) is 4.74. The first-order valence-corrected chi connectivity index (χ1v) is 8.51. The van der Waals surface area contributed by atoms with Crippen LogP contribution in [0.5, 0.6) is 0 Å². The monoisotopic (exact) mass is 318 g/mol. The molecule has 2 aromatic rings. The van der Waals surface area contributed by atoms with Crippen LogP contribution in [-0.4, -0.2) is 39.9 Å². The fourth-order valence-corrected chi connectivity index (χ4v) is 3.84. The number of rotatable bonds is 4. The average molecular weight is 318 g/mol. The molecule has 118 valence electrons. The molecular formula is C16H22N4OS. The molecule has 0 aromatic carbocycles. The zero-order chi connectivity index (χ0) is 15.5. The number of aromatic nitrogens is 2. The first-order valence-electron chi connectivity index (χ1n) is 7.69. The number of nitrogens with zero attached hydrogens (tertiary/aromatic N) is 2. The number of hydrogen-bond acceptors (Lipinski definition) is 4. The van der Waals surface area contributed by atoms with Crippen molar-refractivity contribution in [3.63, 3.8) is 0 Å². The Kier molecular flexibility index (Phi) is 4.59. The van der Waals surface area contributed by atoms with Gasteiger partial charge < -0.3 is 10.3 Å². The first kappa shape index (κ1) is 15.2. The Morgan fingerprint density at radius 1 is 1.59 bits per heavy atom. The molecular weight excluding hydrogens is 296 g/mol. The van der Waals surface area contributed by atoms with E-state index >= 15 is 0 Å². The van der Waals surface area contributed by atoms with Crippen molar-refractivity contribution in [2.75, 3.05) is 13.1 Å². The van der Waals surface area contributed by atoms with Crippen molar-refractivity contribution in [1.29, 1.82) is 0 Å². The summed E-state index contributed by atoms with van der Waals surface area (Å²) in [7, 11) is 0. The Hall–Kier alpha value is -1.66. The lowest BCUT2D eigenvalue weighted by Crippen LogP contribution is -2.49. The van der Waals surface area contributed by atoms with Crippen LogP contribution in [0.1, 0.15) is 33.7 Å². The molecule has 2 atom stereocenters. The van der Waals surface area contributed by atoms with E-state index in [9.17, 15) is 4.79 Å². The van der Waals surface area contributed by atoms with Gasteiger partial charge in [0.1, 0.15) is 5.69 Å². The zero-order valence-electron chi connectivity index (χ0n) is 13.0. The summed E-state index contributed by atoms with van der Waals surface area (Å²) in [6, 6.07) is 3.90. The summed E-state index contributed by atoms with van der Waals surface area (Å²) in [6.45, 7) is 7.24. The van der Waals surface area contributed by atoms with Crippen LogP contribution in [0.25, 0.3) is 0 Å². The van der Waals surface area contributed by atoms with E-state index in [1.165, 1.54) is 4.88 Å². The van der Waals surface area contributed by atoms with Crippen molar-refractivity contribution in [1.82, 2.24) is 20.2 Å². The predicted octanol–water partition coefficient (Wildman–Crippen LogP) is 2.42. The summed E-state index contributed by atoms with van der Waals surface area (Å²) in [5.74, 6) is 0.440. The van der Waals surface area contributed by atoms with Crippen LogP contribution < -0.4 is 5.32 Å². The fourth-order valence-electron chi connectivity index (χ4n) is 3.01. The minimum atomic E-state index is -0.00613. The molecule has 0 bridgehead atoms. The van der Waals surface area contributed by atoms with Gasteiger partial charge in [-0.1, -0.05) is 6.92 Å². The van der Waals surface area contributed by atoms with Crippen LogP contribution in [0.3, 0.4) is 0 Å². The number of nitrogens with one attached hydrogen (secondary N) is 2. The Morgan fingerprint density at radius 2 is 2.45 bits per heavy atom. The molecule has 0 radical (unpaired) electrons. The molecule has 6 heteroatoms. The highest BCUT2D eigenvalue weighted by atomic mass is 32.1. The summed E-state index contributed by atoms with van der Waals surface area (Å²) in [4.78, 5) is 23.2. The maximum Gasteiger partial charge on any atom is 0.267 e. The lowest BCUT2D eigenvalue weighted by atomic mass is 9.93. The predicted molar refractivity (Wildman–Crippen MR) is 88.0 cm³/mol. The lowest BCUT2D eigenvalue weighted by Gasteiger charge is -2.37. The molecule has 1 aliphatic rings. The summed E-state index contributed by atoms with van der Waals surface area (Å²) >= 11 is 1.77. The number of thiazole rings is 1. The molecule has 0 spiro atoms. The van der Waals surface area contributed by atoms with Crippen molar-refractivity contribution in [2.45, 2.75) is 32.9 Å². The van der Waals surface area contributed by atoms with Crippen molar-refractivity contribution in [2.24, 2.45) is 5.92 Å². The fraction of sp³-hybridized carbons (Fsp3) is 0.500. The number of likely N-dealkylation sites (tertiary alicyclic amines) is 1. The third kappa shape index (κ3) is 3.56. The van der Waals surface area contributed by atoms with Gasteiger partial charge in [0.05, 0.1) is 5.01 Å². The van der Waals surface area contributed by atoms with Crippen LogP contribution in [0.4, 0.5) is 0 Å². The quantitative estimate of drug-likeness (QED) is 0.910. The number of aryl methyl sites for hydroxylation is 1. The van der Waals surface area contributed by atoms with Gasteiger partial charge in [-0.05, 0) is 31.4 Å². The molecule has 0 saturated carbocycles. The standard InChI is InChI=1S/C16H22N4OS/c1-11-9-20(10-13-8-18-12(2)22-13)7-5-14(11)19-16(21)15-4-3-6-17-15/h3-4,6,8,11,14,17H,5,7,9-10H2,1-2H3,(H,19,21)/t11-,14-/m0/s1. The molecule has 2 N–H and O–H groups in total. The third-order valence-electron chi connectivity index (χ3n) is 4.20. The molecule has 3 rings (SSSR count). The van der Waals surface area contributed by atoms with Gasteiger partial charge >= 0.3 is 0 Å². The van der Waals surface area contributed by atoms with Crippen molar-refractivity contribution in [3.05, 3.63) is 40.1 Å². The molecule has 3 heterocycles.